The van der Waals surface area contributed by atoms with Crippen molar-refractivity contribution >= 4 is 17.5 Å². The fraction of sp³-hybridized carbons (Fsp3) is 0.207. The molecule has 8 nitrogen and oxygen atoms in total. The Morgan fingerprint density at radius 3 is 2.32 bits per heavy atom. The minimum atomic E-state index is -0.857. The molecule has 1 aliphatic rings. The molecule has 8 heteroatoms. The van der Waals surface area contributed by atoms with Gasteiger partial charge in [0, 0.05) is 24.5 Å². The Labute approximate surface area is 214 Å². The van der Waals surface area contributed by atoms with Gasteiger partial charge in [0.2, 0.25) is 0 Å². The van der Waals surface area contributed by atoms with E-state index in [1.54, 1.807) is 43.7 Å². The number of amides is 1. The van der Waals surface area contributed by atoms with Crippen LogP contribution in [0.1, 0.15) is 58.5 Å². The zero-order valence-corrected chi connectivity index (χ0v) is 20.9. The summed E-state index contributed by atoms with van der Waals surface area (Å²) >= 11 is 0. The summed E-state index contributed by atoms with van der Waals surface area (Å²) in [5.74, 6) is -1.10. The van der Waals surface area contributed by atoms with Gasteiger partial charge in [-0.2, -0.15) is 5.10 Å². The van der Waals surface area contributed by atoms with Gasteiger partial charge in [0.1, 0.15) is 0 Å². The number of anilines is 1. The molecule has 4 aromatic rings. The second-order valence-corrected chi connectivity index (χ2v) is 9.46. The summed E-state index contributed by atoms with van der Waals surface area (Å²) in [4.78, 5) is 32.5. The number of Topliss-reactive ketones (excluding diaryl/α,β-unsaturated/α-hetero) is 1. The van der Waals surface area contributed by atoms with E-state index in [0.717, 1.165) is 11.1 Å². The van der Waals surface area contributed by atoms with Crippen LogP contribution >= 0.6 is 0 Å². The number of nitrogens with zero attached hydrogens (tertiary/aromatic N) is 5. The van der Waals surface area contributed by atoms with Crippen molar-refractivity contribution in [3.8, 4) is 0 Å². The first-order valence-corrected chi connectivity index (χ1v) is 12.1. The van der Waals surface area contributed by atoms with Crippen LogP contribution in [-0.4, -0.2) is 36.5 Å². The number of aliphatic hydroxyl groups is 1. The third kappa shape index (κ3) is 4.65. The van der Waals surface area contributed by atoms with Gasteiger partial charge in [-0.1, -0.05) is 62.4 Å². The van der Waals surface area contributed by atoms with Crippen LogP contribution in [0.3, 0.4) is 0 Å². The van der Waals surface area contributed by atoms with E-state index in [2.05, 4.69) is 29.0 Å². The molecule has 1 aliphatic heterocycles. The summed E-state index contributed by atoms with van der Waals surface area (Å²) in [5.41, 5.74) is 3.91. The third-order valence-electron chi connectivity index (χ3n) is 6.54. The van der Waals surface area contributed by atoms with Crippen molar-refractivity contribution in [1.82, 2.24) is 19.7 Å². The fourth-order valence-electron chi connectivity index (χ4n) is 4.48. The van der Waals surface area contributed by atoms with E-state index in [9.17, 15) is 14.7 Å². The van der Waals surface area contributed by atoms with Gasteiger partial charge >= 0.3 is 0 Å². The average Bonchev–Trinajstić information content (AvgIpc) is 3.51. The van der Waals surface area contributed by atoms with Gasteiger partial charge in [0.15, 0.2) is 17.4 Å². The molecule has 5 rings (SSSR count). The Bertz CT molecular complexity index is 1460. The number of ketones is 1. The van der Waals surface area contributed by atoms with Gasteiger partial charge in [0.05, 0.1) is 23.6 Å². The number of aryl methyl sites for hydroxylation is 1. The first-order chi connectivity index (χ1) is 17.8. The molecule has 1 unspecified atom stereocenters. The quantitative estimate of drug-likeness (QED) is 0.366. The van der Waals surface area contributed by atoms with Crippen molar-refractivity contribution in [2.24, 2.45) is 0 Å². The van der Waals surface area contributed by atoms with Crippen LogP contribution in [0.25, 0.3) is 0 Å². The highest BCUT2D eigenvalue weighted by atomic mass is 16.3. The molecule has 0 spiro atoms. The Hall–Kier alpha value is -4.59. The van der Waals surface area contributed by atoms with Crippen LogP contribution in [0.2, 0.25) is 0 Å². The molecule has 1 N–H and O–H groups in total. The Morgan fingerprint density at radius 2 is 1.73 bits per heavy atom. The normalized spacial score (nSPS) is 15.6. The van der Waals surface area contributed by atoms with E-state index >= 15 is 0 Å². The second kappa shape index (κ2) is 9.81. The summed E-state index contributed by atoms with van der Waals surface area (Å²) in [7, 11) is 0. The van der Waals surface area contributed by atoms with E-state index in [1.165, 1.54) is 4.90 Å². The molecule has 0 fully saturated rings. The van der Waals surface area contributed by atoms with E-state index < -0.39 is 23.5 Å². The monoisotopic (exact) mass is 493 g/mol. The highest BCUT2D eigenvalue weighted by molar-refractivity contribution is 6.20. The van der Waals surface area contributed by atoms with Gasteiger partial charge in [-0.15, -0.1) is 5.10 Å². The number of benzene rings is 2. The van der Waals surface area contributed by atoms with Gasteiger partial charge in [-0.25, -0.2) is 4.98 Å². The maximum atomic E-state index is 13.7. The van der Waals surface area contributed by atoms with Crippen LogP contribution in [0.15, 0.2) is 90.7 Å². The van der Waals surface area contributed by atoms with Crippen molar-refractivity contribution in [3.05, 3.63) is 119 Å². The van der Waals surface area contributed by atoms with Crippen molar-refractivity contribution in [2.45, 2.75) is 39.3 Å². The van der Waals surface area contributed by atoms with Crippen LogP contribution in [0.4, 0.5) is 5.82 Å². The second-order valence-electron chi connectivity index (χ2n) is 9.46. The largest absolute Gasteiger partial charge is 0.503 e. The molecule has 186 valence electrons. The molecule has 0 radical (unpaired) electrons. The highest BCUT2D eigenvalue weighted by Gasteiger charge is 2.45. The Balaban J connectivity index is 1.56. The molecule has 2 aromatic heterocycles. The highest BCUT2D eigenvalue weighted by Crippen LogP contribution is 2.41. The lowest BCUT2D eigenvalue weighted by atomic mass is 9.91. The zero-order chi connectivity index (χ0) is 26.1. The maximum absolute atomic E-state index is 13.7. The molecular formula is C29H27N5O3. The predicted octanol–water partition coefficient (Wildman–Crippen LogP) is 4.94. The summed E-state index contributed by atoms with van der Waals surface area (Å²) in [6, 6.07) is 17.4. The molecule has 0 saturated heterocycles. The maximum Gasteiger partial charge on any atom is 0.295 e. The fourth-order valence-corrected chi connectivity index (χ4v) is 4.48. The Kier molecular flexibility index (Phi) is 6.40. The number of aliphatic hydroxyl groups excluding tert-OH is 1. The van der Waals surface area contributed by atoms with Crippen molar-refractivity contribution in [1.29, 1.82) is 0 Å². The lowest BCUT2D eigenvalue weighted by molar-refractivity contribution is -0.117. The van der Waals surface area contributed by atoms with Crippen molar-refractivity contribution < 1.29 is 14.7 Å². The number of hydrogen-bond donors (Lipinski definition) is 1. The van der Waals surface area contributed by atoms with Gasteiger partial charge < -0.3 is 9.67 Å². The zero-order valence-electron chi connectivity index (χ0n) is 20.9. The van der Waals surface area contributed by atoms with Gasteiger partial charge in [-0.05, 0) is 41.7 Å². The first kappa shape index (κ1) is 24.1. The smallest absolute Gasteiger partial charge is 0.295 e. The number of imidazole rings is 1. The third-order valence-corrected chi connectivity index (χ3v) is 6.54. The van der Waals surface area contributed by atoms with E-state index in [4.69, 9.17) is 0 Å². The van der Waals surface area contributed by atoms with Crippen molar-refractivity contribution in [3.63, 3.8) is 0 Å². The summed E-state index contributed by atoms with van der Waals surface area (Å²) in [5, 5.41) is 19.3. The van der Waals surface area contributed by atoms with Gasteiger partial charge in [0.25, 0.3) is 5.91 Å². The number of carbonyl (C=O) groups excluding carboxylic acids is 2. The lowest BCUT2D eigenvalue weighted by Gasteiger charge is -2.26. The van der Waals surface area contributed by atoms with Crippen LogP contribution in [0, 0.1) is 6.92 Å². The van der Waals surface area contributed by atoms with Crippen LogP contribution < -0.4 is 4.90 Å². The molecule has 2 aromatic carbocycles. The number of rotatable bonds is 7. The summed E-state index contributed by atoms with van der Waals surface area (Å²) < 4.78 is 1.95. The molecule has 37 heavy (non-hydrogen) atoms. The standard InChI is InChI=1S/C29H27N5O3/c1-18(2)21-9-11-23(12-10-21)27(35)25-26(22-7-5-20(6-8-22)16-33-15-14-30-17-33)34(29(37)28(25)36)24-13-4-19(3)31-32-24/h4-15,17-18,26,36H,16H2,1-3H3. The molecular weight excluding hydrogens is 466 g/mol. The lowest BCUT2D eigenvalue weighted by Crippen LogP contribution is -2.32. The van der Waals surface area contributed by atoms with Crippen LogP contribution in [-0.2, 0) is 11.3 Å². The topological polar surface area (TPSA) is 101 Å². The minimum absolute atomic E-state index is 0.0204. The molecule has 1 atom stereocenters. The average molecular weight is 494 g/mol. The minimum Gasteiger partial charge on any atom is -0.503 e. The predicted molar refractivity (Wildman–Crippen MR) is 139 cm³/mol. The summed E-state index contributed by atoms with van der Waals surface area (Å²) in [6.45, 7) is 6.58. The van der Waals surface area contributed by atoms with Gasteiger partial charge in [-0.3, -0.25) is 14.5 Å². The van der Waals surface area contributed by atoms with E-state index in [-0.39, 0.29) is 11.4 Å². The summed E-state index contributed by atoms with van der Waals surface area (Å²) in [6.07, 6.45) is 5.34. The number of carbonyl (C=O) groups is 2. The number of hydrogen-bond acceptors (Lipinski definition) is 6. The molecule has 0 saturated carbocycles. The Morgan fingerprint density at radius 1 is 1.00 bits per heavy atom. The molecule has 0 aliphatic carbocycles. The van der Waals surface area contributed by atoms with E-state index in [1.807, 2.05) is 47.2 Å². The van der Waals surface area contributed by atoms with E-state index in [0.29, 0.717) is 29.3 Å². The van der Waals surface area contributed by atoms with Crippen LogP contribution in [0.5, 0.6) is 0 Å². The first-order valence-electron chi connectivity index (χ1n) is 12.1. The SMILES string of the molecule is Cc1ccc(N2C(=O)C(O)=C(C(=O)c3ccc(C(C)C)cc3)C2c2ccc(Cn3ccnc3)cc2)nn1. The number of aromatic nitrogens is 4. The molecule has 3 heterocycles. The molecule has 1 amide bonds. The van der Waals surface area contributed by atoms with Crippen molar-refractivity contribution in [2.75, 3.05) is 4.90 Å². The molecule has 0 bridgehead atoms.